The number of aliphatic imine (C=N–C) groups is 2. The molecule has 1 aliphatic rings. The summed E-state index contributed by atoms with van der Waals surface area (Å²) in [6.07, 6.45) is -1.19. The Morgan fingerprint density at radius 2 is 1.65 bits per heavy atom. The maximum absolute atomic E-state index is 12.8. The number of fused-ring (bicyclic) bond motifs is 1. The summed E-state index contributed by atoms with van der Waals surface area (Å²) in [5.74, 6) is -0.260. The molecule has 1 amide bonds. The lowest BCUT2D eigenvalue weighted by Crippen LogP contribution is -2.29. The van der Waals surface area contributed by atoms with Crippen molar-refractivity contribution in [3.63, 3.8) is 0 Å². The first-order valence-corrected chi connectivity index (χ1v) is 10.8. The highest BCUT2D eigenvalue weighted by molar-refractivity contribution is 6.19. The van der Waals surface area contributed by atoms with Crippen LogP contribution in [0.4, 0.5) is 5.69 Å². The number of carbonyl (C=O) groups is 1. The molecule has 1 unspecified atom stereocenters. The molecule has 1 heterocycles. The van der Waals surface area contributed by atoms with E-state index in [0.29, 0.717) is 22.7 Å². The number of hydrogen-bond acceptors (Lipinski definition) is 6. The summed E-state index contributed by atoms with van der Waals surface area (Å²) in [6.45, 7) is 4.00. The fraction of sp³-hybridized carbons (Fsp3) is 0.154. The third-order valence-corrected chi connectivity index (χ3v) is 4.78. The number of amidine groups is 1. The van der Waals surface area contributed by atoms with E-state index in [1.54, 1.807) is 30.3 Å². The number of rotatable bonds is 4. The van der Waals surface area contributed by atoms with Gasteiger partial charge in [0.2, 0.25) is 12.1 Å². The zero-order valence-electron chi connectivity index (χ0n) is 19.3. The van der Waals surface area contributed by atoms with Crippen molar-refractivity contribution in [2.75, 3.05) is 12.4 Å². The molecule has 0 aromatic heterocycles. The molecule has 4 N–H and O–H groups in total. The number of nitrogens with one attached hydrogen (secondary N) is 2. The van der Waals surface area contributed by atoms with Crippen molar-refractivity contribution in [1.82, 2.24) is 0 Å². The van der Waals surface area contributed by atoms with Crippen molar-refractivity contribution >= 4 is 29.2 Å². The monoisotopic (exact) mass is 457 g/mol. The van der Waals surface area contributed by atoms with E-state index >= 15 is 0 Å². The van der Waals surface area contributed by atoms with Gasteiger partial charge in [-0.05, 0) is 18.2 Å². The third kappa shape index (κ3) is 5.47. The van der Waals surface area contributed by atoms with Gasteiger partial charge < -0.3 is 20.5 Å². The van der Waals surface area contributed by atoms with Crippen molar-refractivity contribution in [2.45, 2.75) is 20.0 Å². The second-order valence-corrected chi connectivity index (χ2v) is 6.85. The lowest BCUT2D eigenvalue weighted by atomic mass is 10.0. The van der Waals surface area contributed by atoms with Crippen LogP contribution in [-0.4, -0.2) is 36.8 Å². The average Bonchev–Trinajstić information content (AvgIpc) is 3.01. The second-order valence-electron chi connectivity index (χ2n) is 6.85. The Bertz CT molecular complexity index is 1220. The van der Waals surface area contributed by atoms with Gasteiger partial charge in [-0.15, -0.1) is 0 Å². The van der Waals surface area contributed by atoms with Crippen LogP contribution in [0, 0.1) is 5.41 Å². The molecular weight excluding hydrogens is 430 g/mol. The second kappa shape index (κ2) is 11.4. The number of benzodiazepines with no additional fused rings is 1. The van der Waals surface area contributed by atoms with E-state index in [0.717, 1.165) is 11.1 Å². The molecule has 8 heteroatoms. The number of hydrogen-bond donors (Lipinski definition) is 3. The van der Waals surface area contributed by atoms with Crippen molar-refractivity contribution < 1.29 is 14.3 Å². The quantitative estimate of drug-likeness (QED) is 0.401. The highest BCUT2D eigenvalue weighted by atomic mass is 16.5. The molecule has 4 rings (SSSR count). The molecule has 0 fully saturated rings. The van der Waals surface area contributed by atoms with Gasteiger partial charge in [0.1, 0.15) is 5.75 Å². The van der Waals surface area contributed by atoms with E-state index in [4.69, 9.17) is 20.6 Å². The SMILES string of the molecule is CC.COc1ccccc1C(=N)O/C(N)=N/C1N=C(c2ccccc2)c2ccccc2NC1=O. The topological polar surface area (TPSA) is 122 Å². The number of benzene rings is 3. The Hall–Kier alpha value is -4.46. The van der Waals surface area contributed by atoms with E-state index in [-0.39, 0.29) is 11.9 Å². The molecule has 8 nitrogen and oxygen atoms in total. The van der Waals surface area contributed by atoms with Gasteiger partial charge in [-0.3, -0.25) is 10.2 Å². The van der Waals surface area contributed by atoms with Crippen LogP contribution in [0.3, 0.4) is 0 Å². The minimum absolute atomic E-state index is 0.256. The first kappa shape index (κ1) is 24.2. The van der Waals surface area contributed by atoms with E-state index in [1.807, 2.05) is 62.4 Å². The zero-order chi connectivity index (χ0) is 24.5. The number of nitrogens with zero attached hydrogens (tertiary/aromatic N) is 2. The molecule has 0 saturated carbocycles. The average molecular weight is 458 g/mol. The molecule has 0 radical (unpaired) electrons. The van der Waals surface area contributed by atoms with Crippen molar-refractivity contribution in [3.05, 3.63) is 95.6 Å². The highest BCUT2D eigenvalue weighted by Crippen LogP contribution is 2.24. The number of para-hydroxylation sites is 2. The Morgan fingerprint density at radius 3 is 2.38 bits per heavy atom. The molecule has 0 bridgehead atoms. The van der Waals surface area contributed by atoms with Gasteiger partial charge in [0.25, 0.3) is 11.9 Å². The summed E-state index contributed by atoms with van der Waals surface area (Å²) in [5.41, 5.74) is 9.16. The summed E-state index contributed by atoms with van der Waals surface area (Å²) < 4.78 is 10.6. The summed E-state index contributed by atoms with van der Waals surface area (Å²) in [4.78, 5) is 21.6. The smallest absolute Gasteiger partial charge is 0.291 e. The maximum Gasteiger partial charge on any atom is 0.291 e. The normalized spacial score (nSPS) is 14.9. The maximum atomic E-state index is 12.8. The van der Waals surface area contributed by atoms with Crippen LogP contribution in [0.25, 0.3) is 0 Å². The van der Waals surface area contributed by atoms with Gasteiger partial charge in [-0.1, -0.05) is 74.5 Å². The zero-order valence-corrected chi connectivity index (χ0v) is 19.3. The fourth-order valence-electron chi connectivity index (χ4n) is 3.30. The fourth-order valence-corrected chi connectivity index (χ4v) is 3.30. The lowest BCUT2D eigenvalue weighted by molar-refractivity contribution is -0.117. The molecular formula is C26H27N5O3. The summed E-state index contributed by atoms with van der Waals surface area (Å²) >= 11 is 0. The molecule has 3 aromatic carbocycles. The van der Waals surface area contributed by atoms with Crippen LogP contribution in [-0.2, 0) is 9.53 Å². The standard InChI is InChI=1S/C24H21N5O3.C2H6/c1-31-19-14-8-6-12-17(19)21(25)32-24(26)29-22-23(30)27-18-13-7-5-11-16(18)20(28-22)15-9-3-2-4-10-15;1-2/h2-14,22,25H,1H3,(H2,26,29)(H,27,30);1-2H3. The molecule has 0 spiro atoms. The Morgan fingerprint density at radius 1 is 1.00 bits per heavy atom. The van der Waals surface area contributed by atoms with Crippen LogP contribution < -0.4 is 15.8 Å². The van der Waals surface area contributed by atoms with E-state index < -0.39 is 12.1 Å². The minimum atomic E-state index is -1.19. The first-order valence-electron chi connectivity index (χ1n) is 10.8. The first-order chi connectivity index (χ1) is 16.6. The lowest BCUT2D eigenvalue weighted by Gasteiger charge is -2.11. The van der Waals surface area contributed by atoms with E-state index in [2.05, 4.69) is 15.3 Å². The Kier molecular flexibility index (Phi) is 8.12. The van der Waals surface area contributed by atoms with Crippen molar-refractivity contribution in [3.8, 4) is 5.75 Å². The molecule has 1 atom stereocenters. The number of anilines is 1. The van der Waals surface area contributed by atoms with Crippen LogP contribution in [0.1, 0.15) is 30.5 Å². The predicted molar refractivity (Wildman–Crippen MR) is 135 cm³/mol. The number of methoxy groups -OCH3 is 1. The van der Waals surface area contributed by atoms with Crippen molar-refractivity contribution in [1.29, 1.82) is 5.41 Å². The number of nitrogens with two attached hydrogens (primary N) is 1. The highest BCUT2D eigenvalue weighted by Gasteiger charge is 2.26. The van der Waals surface area contributed by atoms with Gasteiger partial charge in [-0.25, -0.2) is 4.99 Å². The summed E-state index contributed by atoms with van der Waals surface area (Å²) in [6, 6.07) is 23.4. The van der Waals surface area contributed by atoms with Crippen LogP contribution in [0.2, 0.25) is 0 Å². The van der Waals surface area contributed by atoms with Crippen LogP contribution in [0.15, 0.2) is 88.8 Å². The third-order valence-electron chi connectivity index (χ3n) is 4.78. The minimum Gasteiger partial charge on any atom is -0.496 e. The molecule has 174 valence electrons. The van der Waals surface area contributed by atoms with E-state index in [9.17, 15) is 4.79 Å². The largest absolute Gasteiger partial charge is 0.496 e. The van der Waals surface area contributed by atoms with Crippen molar-refractivity contribution in [2.24, 2.45) is 15.7 Å². The predicted octanol–water partition coefficient (Wildman–Crippen LogP) is 4.19. The Balaban J connectivity index is 0.00000158. The van der Waals surface area contributed by atoms with Gasteiger partial charge >= 0.3 is 0 Å². The van der Waals surface area contributed by atoms with E-state index in [1.165, 1.54) is 7.11 Å². The molecule has 34 heavy (non-hydrogen) atoms. The van der Waals surface area contributed by atoms with Crippen LogP contribution >= 0.6 is 0 Å². The van der Waals surface area contributed by atoms with Gasteiger partial charge in [0.05, 0.1) is 24.1 Å². The molecule has 0 saturated heterocycles. The van der Waals surface area contributed by atoms with Crippen LogP contribution in [0.5, 0.6) is 5.75 Å². The summed E-state index contributed by atoms with van der Waals surface area (Å²) in [7, 11) is 1.50. The number of amides is 1. The summed E-state index contributed by atoms with van der Waals surface area (Å²) in [5, 5.41) is 11.0. The molecule has 0 aliphatic carbocycles. The van der Waals surface area contributed by atoms with Gasteiger partial charge in [-0.2, -0.15) is 4.99 Å². The Labute approximate surface area is 198 Å². The number of ether oxygens (including phenoxy) is 2. The molecule has 1 aliphatic heterocycles. The van der Waals surface area contributed by atoms with Gasteiger partial charge in [0.15, 0.2) is 0 Å². The molecule has 3 aromatic rings. The van der Waals surface area contributed by atoms with Gasteiger partial charge in [0, 0.05) is 11.1 Å². The number of carbonyl (C=O) groups excluding carboxylic acids is 1.